The lowest BCUT2D eigenvalue weighted by Crippen LogP contribution is -2.11. The minimum Gasteiger partial charge on any atom is -0.386 e. The van der Waals surface area contributed by atoms with Crippen LogP contribution >= 0.6 is 11.8 Å². The van der Waals surface area contributed by atoms with E-state index < -0.39 is 0 Å². The third-order valence-electron chi connectivity index (χ3n) is 2.29. The van der Waals surface area contributed by atoms with E-state index >= 15 is 0 Å². The molecule has 1 aliphatic heterocycles. The van der Waals surface area contributed by atoms with E-state index in [0.29, 0.717) is 0 Å². The van der Waals surface area contributed by atoms with Crippen LogP contribution in [0.4, 0.5) is 0 Å². The quantitative estimate of drug-likeness (QED) is 0.832. The minimum atomic E-state index is 0.982. The van der Waals surface area contributed by atoms with Gasteiger partial charge in [0.05, 0.1) is 0 Å². The predicted octanol–water partition coefficient (Wildman–Crippen LogP) is 2.96. The fraction of sp³-hybridized carbons (Fsp3) is 0.231. The van der Waals surface area contributed by atoms with Crippen molar-refractivity contribution in [1.29, 1.82) is 0 Å². The molecule has 1 nitrogen and oxygen atoms in total. The highest BCUT2D eigenvalue weighted by Gasteiger charge is 1.99. The van der Waals surface area contributed by atoms with Gasteiger partial charge in [-0.3, -0.25) is 0 Å². The molecule has 1 N–H and O–H groups in total. The summed E-state index contributed by atoms with van der Waals surface area (Å²) < 4.78 is 0. The molecule has 0 unspecified atom stereocenters. The summed E-state index contributed by atoms with van der Waals surface area (Å²) in [6.07, 6.45) is 7.38. The first-order valence-corrected chi connectivity index (χ1v) is 6.19. The Morgan fingerprint density at radius 3 is 2.80 bits per heavy atom. The summed E-state index contributed by atoms with van der Waals surface area (Å²) in [4.78, 5) is 1.42. The van der Waals surface area contributed by atoms with Crippen LogP contribution in [-0.2, 0) is 6.42 Å². The third kappa shape index (κ3) is 3.48. The summed E-state index contributed by atoms with van der Waals surface area (Å²) in [5.41, 5.74) is 1.42. The molecule has 0 aromatic heterocycles. The molecular formula is C13H15NS. The van der Waals surface area contributed by atoms with E-state index in [-0.39, 0.29) is 0 Å². The van der Waals surface area contributed by atoms with Crippen LogP contribution in [-0.4, -0.2) is 12.3 Å². The zero-order chi connectivity index (χ0) is 10.3. The summed E-state index contributed by atoms with van der Waals surface area (Å²) in [5.74, 6) is 1.16. The second-order valence-electron chi connectivity index (χ2n) is 3.46. The van der Waals surface area contributed by atoms with Gasteiger partial charge in [-0.15, -0.1) is 11.8 Å². The van der Waals surface area contributed by atoms with Crippen molar-refractivity contribution in [3.8, 4) is 0 Å². The van der Waals surface area contributed by atoms with Crippen molar-refractivity contribution < 1.29 is 0 Å². The Hall–Kier alpha value is -1.15. The highest BCUT2D eigenvalue weighted by molar-refractivity contribution is 8.03. The smallest absolute Gasteiger partial charge is 0.0454 e. The van der Waals surface area contributed by atoms with E-state index in [1.54, 1.807) is 0 Å². The van der Waals surface area contributed by atoms with Crippen molar-refractivity contribution in [2.24, 2.45) is 0 Å². The zero-order valence-corrected chi connectivity index (χ0v) is 9.46. The first kappa shape index (κ1) is 10.4. The Morgan fingerprint density at radius 2 is 2.07 bits per heavy atom. The highest BCUT2D eigenvalue weighted by atomic mass is 32.2. The molecular weight excluding hydrogens is 202 g/mol. The molecule has 1 aromatic carbocycles. The van der Waals surface area contributed by atoms with Gasteiger partial charge in [-0.2, -0.15) is 0 Å². The molecule has 1 heterocycles. The topological polar surface area (TPSA) is 12.0 Å². The Labute approximate surface area is 95.3 Å². The van der Waals surface area contributed by atoms with Crippen LogP contribution in [0.2, 0.25) is 0 Å². The summed E-state index contributed by atoms with van der Waals surface area (Å²) >= 11 is 1.94. The van der Waals surface area contributed by atoms with Gasteiger partial charge >= 0.3 is 0 Å². The lowest BCUT2D eigenvalue weighted by molar-refractivity contribution is 0.960. The Morgan fingerprint density at radius 1 is 1.20 bits per heavy atom. The van der Waals surface area contributed by atoms with Crippen LogP contribution in [0, 0.1) is 0 Å². The number of rotatable bonds is 4. The van der Waals surface area contributed by atoms with Gasteiger partial charge < -0.3 is 5.32 Å². The lowest BCUT2D eigenvalue weighted by atomic mass is 10.2. The van der Waals surface area contributed by atoms with Gasteiger partial charge in [0, 0.05) is 17.2 Å². The predicted molar refractivity (Wildman–Crippen MR) is 67.8 cm³/mol. The molecule has 0 spiro atoms. The van der Waals surface area contributed by atoms with Crippen molar-refractivity contribution >= 4 is 11.8 Å². The van der Waals surface area contributed by atoms with Crippen molar-refractivity contribution in [1.82, 2.24) is 5.32 Å². The van der Waals surface area contributed by atoms with Gasteiger partial charge in [0.2, 0.25) is 0 Å². The van der Waals surface area contributed by atoms with Gasteiger partial charge in [0.25, 0.3) is 0 Å². The fourth-order valence-electron chi connectivity index (χ4n) is 1.49. The van der Waals surface area contributed by atoms with Gasteiger partial charge in [0.1, 0.15) is 0 Å². The maximum atomic E-state index is 3.21. The standard InChI is InChI=1S/C13H15NS/c1-2-5-12(6-3-1)8-10-15-13-7-4-9-14-11-13/h1-7,9,14H,8,10-11H2. The van der Waals surface area contributed by atoms with E-state index in [0.717, 1.165) is 18.7 Å². The van der Waals surface area contributed by atoms with E-state index in [9.17, 15) is 0 Å². The highest BCUT2D eigenvalue weighted by Crippen LogP contribution is 2.18. The van der Waals surface area contributed by atoms with E-state index in [1.165, 1.54) is 10.5 Å². The van der Waals surface area contributed by atoms with Crippen LogP contribution in [0.25, 0.3) is 0 Å². The Kier molecular flexibility index (Phi) is 3.92. The SMILES string of the molecule is C1=CNCC(SCCc2ccccc2)=C1. The molecule has 15 heavy (non-hydrogen) atoms. The number of hydrogen-bond acceptors (Lipinski definition) is 2. The summed E-state index contributed by atoms with van der Waals surface area (Å²) in [6.45, 7) is 0.982. The molecule has 0 saturated carbocycles. The molecule has 2 heteroatoms. The second kappa shape index (κ2) is 5.66. The van der Waals surface area contributed by atoms with Gasteiger partial charge in [-0.25, -0.2) is 0 Å². The van der Waals surface area contributed by atoms with E-state index in [1.807, 2.05) is 18.0 Å². The average molecular weight is 217 g/mol. The molecule has 2 rings (SSSR count). The molecule has 0 atom stereocenters. The Bertz CT molecular complexity index is 354. The Balaban J connectivity index is 1.75. The molecule has 0 amide bonds. The molecule has 0 fully saturated rings. The molecule has 1 aromatic rings. The number of aryl methyl sites for hydroxylation is 1. The molecule has 78 valence electrons. The number of benzene rings is 1. The maximum absolute atomic E-state index is 3.21. The van der Waals surface area contributed by atoms with Crippen LogP contribution in [0.3, 0.4) is 0 Å². The normalized spacial score (nSPS) is 14.5. The monoisotopic (exact) mass is 217 g/mol. The first-order valence-electron chi connectivity index (χ1n) is 5.21. The number of allylic oxidation sites excluding steroid dienone is 2. The fourth-order valence-corrected chi connectivity index (χ4v) is 2.45. The molecule has 0 radical (unpaired) electrons. The van der Waals surface area contributed by atoms with Crippen LogP contribution in [0.1, 0.15) is 5.56 Å². The zero-order valence-electron chi connectivity index (χ0n) is 8.65. The van der Waals surface area contributed by atoms with Gasteiger partial charge in [-0.05, 0) is 30.3 Å². The summed E-state index contributed by atoms with van der Waals surface area (Å²) in [5, 5.41) is 3.21. The van der Waals surface area contributed by atoms with Gasteiger partial charge in [-0.1, -0.05) is 30.3 Å². The third-order valence-corrected chi connectivity index (χ3v) is 3.35. The molecule has 0 aliphatic carbocycles. The van der Waals surface area contributed by atoms with Gasteiger partial charge in [0.15, 0.2) is 0 Å². The second-order valence-corrected chi connectivity index (χ2v) is 4.68. The summed E-state index contributed by atoms with van der Waals surface area (Å²) in [7, 11) is 0. The number of hydrogen-bond donors (Lipinski definition) is 1. The van der Waals surface area contributed by atoms with Crippen molar-refractivity contribution in [2.45, 2.75) is 6.42 Å². The molecule has 1 aliphatic rings. The lowest BCUT2D eigenvalue weighted by Gasteiger charge is -2.09. The minimum absolute atomic E-state index is 0.982. The largest absolute Gasteiger partial charge is 0.386 e. The summed E-state index contributed by atoms with van der Waals surface area (Å²) in [6, 6.07) is 10.6. The maximum Gasteiger partial charge on any atom is 0.0454 e. The van der Waals surface area contributed by atoms with Crippen LogP contribution < -0.4 is 5.32 Å². The van der Waals surface area contributed by atoms with E-state index in [2.05, 4.69) is 47.8 Å². The first-order chi connectivity index (χ1) is 7.45. The van der Waals surface area contributed by atoms with Crippen molar-refractivity contribution in [3.05, 3.63) is 59.2 Å². The van der Waals surface area contributed by atoms with E-state index in [4.69, 9.17) is 0 Å². The van der Waals surface area contributed by atoms with Crippen molar-refractivity contribution in [2.75, 3.05) is 12.3 Å². The number of dihydropyridines is 1. The average Bonchev–Trinajstić information content (AvgIpc) is 2.32. The van der Waals surface area contributed by atoms with Crippen LogP contribution in [0.5, 0.6) is 0 Å². The van der Waals surface area contributed by atoms with Crippen molar-refractivity contribution in [3.63, 3.8) is 0 Å². The molecule has 0 saturated heterocycles. The number of nitrogens with one attached hydrogen (secondary N) is 1. The number of thioether (sulfide) groups is 1. The molecule has 0 bridgehead atoms. The van der Waals surface area contributed by atoms with Crippen LogP contribution in [0.15, 0.2) is 53.6 Å².